The molecular formula is C28H39N3O. The Labute approximate surface area is 193 Å². The van der Waals surface area contributed by atoms with Crippen LogP contribution in [-0.4, -0.2) is 15.5 Å². The fourth-order valence-electron chi connectivity index (χ4n) is 4.37. The molecule has 0 radical (unpaired) electrons. The highest BCUT2D eigenvalue weighted by atomic mass is 16.1. The van der Waals surface area contributed by atoms with Crippen molar-refractivity contribution in [3.05, 3.63) is 65.5 Å². The standard InChI is InChI=1S/C28H39N3O/c1-4-5-6-7-8-9-10-11-14-20-31-26-19-13-12-18-25(26)30-27(31)23(3)29-28(32)24-17-15-16-22(2)21-24/h12-13,15-19,21,23H,4-11,14,20H2,1-3H3,(H,29,32). The van der Waals surface area contributed by atoms with Gasteiger partial charge in [-0.15, -0.1) is 0 Å². The van der Waals surface area contributed by atoms with Crippen LogP contribution in [-0.2, 0) is 6.54 Å². The Hall–Kier alpha value is -2.62. The van der Waals surface area contributed by atoms with Crippen molar-refractivity contribution in [2.24, 2.45) is 0 Å². The van der Waals surface area contributed by atoms with E-state index in [9.17, 15) is 4.79 Å². The monoisotopic (exact) mass is 433 g/mol. The van der Waals surface area contributed by atoms with Crippen LogP contribution in [0.5, 0.6) is 0 Å². The minimum atomic E-state index is -0.158. The number of carbonyl (C=O) groups is 1. The van der Waals surface area contributed by atoms with Crippen LogP contribution in [0.4, 0.5) is 0 Å². The van der Waals surface area contributed by atoms with Crippen LogP contribution in [0.2, 0.25) is 0 Å². The molecule has 172 valence electrons. The first-order chi connectivity index (χ1) is 15.6. The first kappa shape index (κ1) is 24.0. The summed E-state index contributed by atoms with van der Waals surface area (Å²) < 4.78 is 2.30. The average Bonchev–Trinajstić information content (AvgIpc) is 3.17. The molecule has 1 amide bonds. The van der Waals surface area contributed by atoms with E-state index in [1.807, 2.05) is 44.2 Å². The predicted octanol–water partition coefficient (Wildman–Crippen LogP) is 7.37. The van der Waals surface area contributed by atoms with E-state index >= 15 is 0 Å². The van der Waals surface area contributed by atoms with Crippen molar-refractivity contribution in [2.75, 3.05) is 0 Å². The molecule has 4 heteroatoms. The van der Waals surface area contributed by atoms with Gasteiger partial charge in [-0.2, -0.15) is 0 Å². The van der Waals surface area contributed by atoms with E-state index in [1.54, 1.807) is 0 Å². The molecule has 1 heterocycles. The predicted molar refractivity (Wildman–Crippen MR) is 134 cm³/mol. The zero-order valence-corrected chi connectivity index (χ0v) is 20.1. The summed E-state index contributed by atoms with van der Waals surface area (Å²) in [6.07, 6.45) is 11.8. The summed E-state index contributed by atoms with van der Waals surface area (Å²) in [7, 11) is 0. The zero-order chi connectivity index (χ0) is 22.8. The highest BCUT2D eigenvalue weighted by Crippen LogP contribution is 2.22. The van der Waals surface area contributed by atoms with Crippen LogP contribution < -0.4 is 5.32 Å². The normalized spacial score (nSPS) is 12.2. The minimum absolute atomic E-state index is 0.0529. The maximum Gasteiger partial charge on any atom is 0.251 e. The van der Waals surface area contributed by atoms with Crippen LogP contribution in [0.25, 0.3) is 11.0 Å². The third kappa shape index (κ3) is 6.69. The summed E-state index contributed by atoms with van der Waals surface area (Å²) in [5.41, 5.74) is 3.93. The summed E-state index contributed by atoms with van der Waals surface area (Å²) >= 11 is 0. The summed E-state index contributed by atoms with van der Waals surface area (Å²) in [6.45, 7) is 7.24. The number of imidazole rings is 1. The molecule has 0 bridgehead atoms. The van der Waals surface area contributed by atoms with Gasteiger partial charge in [0.2, 0.25) is 0 Å². The molecule has 4 nitrogen and oxygen atoms in total. The van der Waals surface area contributed by atoms with Crippen molar-refractivity contribution in [3.8, 4) is 0 Å². The van der Waals surface area contributed by atoms with Crippen LogP contribution in [0.3, 0.4) is 0 Å². The van der Waals surface area contributed by atoms with Gasteiger partial charge in [-0.3, -0.25) is 4.79 Å². The molecular weight excluding hydrogens is 394 g/mol. The average molecular weight is 434 g/mol. The number of fused-ring (bicyclic) bond motifs is 1. The molecule has 0 saturated carbocycles. The maximum absolute atomic E-state index is 12.8. The number of hydrogen-bond donors (Lipinski definition) is 1. The summed E-state index contributed by atoms with van der Waals surface area (Å²) in [5.74, 6) is 0.884. The Bertz CT molecular complexity index is 991. The van der Waals surface area contributed by atoms with Gasteiger partial charge in [0, 0.05) is 12.1 Å². The number of benzene rings is 2. The van der Waals surface area contributed by atoms with E-state index in [1.165, 1.54) is 51.4 Å². The van der Waals surface area contributed by atoms with Crippen LogP contribution >= 0.6 is 0 Å². The smallest absolute Gasteiger partial charge is 0.251 e. The number of nitrogens with zero attached hydrogens (tertiary/aromatic N) is 2. The summed E-state index contributed by atoms with van der Waals surface area (Å²) in [5, 5.41) is 3.15. The lowest BCUT2D eigenvalue weighted by atomic mass is 10.1. The van der Waals surface area contributed by atoms with Crippen molar-refractivity contribution < 1.29 is 4.79 Å². The quantitative estimate of drug-likeness (QED) is 0.286. The zero-order valence-electron chi connectivity index (χ0n) is 20.1. The van der Waals surface area contributed by atoms with Gasteiger partial charge in [-0.05, 0) is 44.5 Å². The van der Waals surface area contributed by atoms with Crippen molar-refractivity contribution in [1.82, 2.24) is 14.9 Å². The third-order valence-electron chi connectivity index (χ3n) is 6.18. The van der Waals surface area contributed by atoms with Crippen LogP contribution in [0.15, 0.2) is 48.5 Å². The van der Waals surface area contributed by atoms with Crippen molar-refractivity contribution >= 4 is 16.9 Å². The third-order valence-corrected chi connectivity index (χ3v) is 6.18. The molecule has 0 fully saturated rings. The van der Waals surface area contributed by atoms with Gasteiger partial charge in [0.1, 0.15) is 5.82 Å². The topological polar surface area (TPSA) is 46.9 Å². The van der Waals surface area contributed by atoms with E-state index in [4.69, 9.17) is 4.98 Å². The molecule has 0 aliphatic rings. The Kier molecular flexibility index (Phi) is 9.33. The highest BCUT2D eigenvalue weighted by Gasteiger charge is 2.19. The molecule has 1 aromatic heterocycles. The Morgan fingerprint density at radius 2 is 1.62 bits per heavy atom. The molecule has 32 heavy (non-hydrogen) atoms. The fourth-order valence-corrected chi connectivity index (χ4v) is 4.37. The molecule has 1 atom stereocenters. The largest absolute Gasteiger partial charge is 0.342 e. The molecule has 0 aliphatic heterocycles. The molecule has 3 aromatic rings. The van der Waals surface area contributed by atoms with E-state index in [-0.39, 0.29) is 11.9 Å². The van der Waals surface area contributed by atoms with E-state index < -0.39 is 0 Å². The minimum Gasteiger partial charge on any atom is -0.342 e. The Morgan fingerprint density at radius 1 is 0.938 bits per heavy atom. The molecule has 0 aliphatic carbocycles. The van der Waals surface area contributed by atoms with Gasteiger partial charge in [0.15, 0.2) is 0 Å². The number of unbranched alkanes of at least 4 members (excludes halogenated alkanes) is 8. The second-order valence-electron chi connectivity index (χ2n) is 9.00. The highest BCUT2D eigenvalue weighted by molar-refractivity contribution is 5.94. The summed E-state index contributed by atoms with van der Waals surface area (Å²) in [6, 6.07) is 15.8. The molecule has 2 aromatic carbocycles. The number of para-hydroxylation sites is 2. The molecule has 1 unspecified atom stereocenters. The molecule has 0 saturated heterocycles. The van der Waals surface area contributed by atoms with E-state index in [0.717, 1.165) is 35.4 Å². The number of nitrogens with one attached hydrogen (secondary N) is 1. The second kappa shape index (κ2) is 12.4. The van der Waals surface area contributed by atoms with Gasteiger partial charge in [0.05, 0.1) is 17.1 Å². The van der Waals surface area contributed by atoms with Crippen LogP contribution in [0, 0.1) is 6.92 Å². The van der Waals surface area contributed by atoms with Gasteiger partial charge in [0.25, 0.3) is 5.91 Å². The number of rotatable bonds is 13. The first-order valence-corrected chi connectivity index (χ1v) is 12.4. The van der Waals surface area contributed by atoms with Gasteiger partial charge < -0.3 is 9.88 Å². The van der Waals surface area contributed by atoms with Gasteiger partial charge >= 0.3 is 0 Å². The second-order valence-corrected chi connectivity index (χ2v) is 9.00. The molecule has 3 rings (SSSR count). The van der Waals surface area contributed by atoms with Gasteiger partial charge in [-0.1, -0.05) is 88.1 Å². The molecule has 0 spiro atoms. The van der Waals surface area contributed by atoms with Crippen molar-refractivity contribution in [3.63, 3.8) is 0 Å². The maximum atomic E-state index is 12.8. The SMILES string of the molecule is CCCCCCCCCCCn1c(C(C)NC(=O)c2cccc(C)c2)nc2ccccc21. The number of aromatic nitrogens is 2. The van der Waals surface area contributed by atoms with E-state index in [0.29, 0.717) is 5.56 Å². The number of aryl methyl sites for hydroxylation is 2. The number of amides is 1. The first-order valence-electron chi connectivity index (χ1n) is 12.4. The lowest BCUT2D eigenvalue weighted by Gasteiger charge is -2.17. The van der Waals surface area contributed by atoms with Gasteiger partial charge in [-0.25, -0.2) is 4.98 Å². The fraction of sp³-hybridized carbons (Fsp3) is 0.500. The van der Waals surface area contributed by atoms with Crippen LogP contribution in [0.1, 0.15) is 99.4 Å². The lowest BCUT2D eigenvalue weighted by Crippen LogP contribution is -2.28. The number of carbonyl (C=O) groups excluding carboxylic acids is 1. The Morgan fingerprint density at radius 3 is 2.34 bits per heavy atom. The van der Waals surface area contributed by atoms with Crippen molar-refractivity contribution in [1.29, 1.82) is 0 Å². The Balaban J connectivity index is 1.60. The lowest BCUT2D eigenvalue weighted by molar-refractivity contribution is 0.0937. The number of hydrogen-bond acceptors (Lipinski definition) is 2. The molecule has 1 N–H and O–H groups in total. The van der Waals surface area contributed by atoms with E-state index in [2.05, 4.69) is 35.0 Å². The van der Waals surface area contributed by atoms with Crippen molar-refractivity contribution in [2.45, 2.75) is 91.1 Å². The summed E-state index contributed by atoms with van der Waals surface area (Å²) in [4.78, 5) is 17.7.